The van der Waals surface area contributed by atoms with E-state index in [2.05, 4.69) is 34.1 Å². The smallest absolute Gasteiger partial charge is 0.133 e. The molecule has 0 amide bonds. The Morgan fingerprint density at radius 2 is 2.06 bits per heavy atom. The Bertz CT molecular complexity index is 545. The topological polar surface area (TPSA) is 9.23 Å². The summed E-state index contributed by atoms with van der Waals surface area (Å²) in [4.78, 5) is 1.18. The maximum absolute atomic E-state index is 5.95. The minimum Gasteiger partial charge on any atom is -0.496 e. The van der Waals surface area contributed by atoms with Crippen molar-refractivity contribution in [3.8, 4) is 5.75 Å². The van der Waals surface area contributed by atoms with Gasteiger partial charge in [0.05, 0.1) is 11.6 Å². The molecular weight excluding hydrogens is 332 g/mol. The fraction of sp³-hybridized carbons (Fsp3) is 0.143. The molecule has 0 atom stereocenters. The first-order valence-corrected chi connectivity index (χ1v) is 7.55. The number of rotatable bonds is 4. The zero-order chi connectivity index (χ0) is 13.0. The lowest BCUT2D eigenvalue weighted by molar-refractivity contribution is 0.412. The van der Waals surface area contributed by atoms with Crippen LogP contribution in [0.3, 0.4) is 0 Å². The molecule has 0 N–H and O–H groups in total. The molecule has 0 fully saturated rings. The molecule has 0 aliphatic heterocycles. The maximum Gasteiger partial charge on any atom is 0.133 e. The van der Waals surface area contributed by atoms with Crippen LogP contribution in [0.5, 0.6) is 5.75 Å². The van der Waals surface area contributed by atoms with Crippen LogP contribution in [0.2, 0.25) is 5.02 Å². The minimum atomic E-state index is 0.774. The second-order valence-electron chi connectivity index (χ2n) is 3.71. The van der Waals surface area contributed by atoms with Crippen molar-refractivity contribution in [3.63, 3.8) is 0 Å². The van der Waals surface area contributed by atoms with Gasteiger partial charge in [-0.3, -0.25) is 0 Å². The molecule has 18 heavy (non-hydrogen) atoms. The molecule has 0 spiro atoms. The molecule has 0 aliphatic carbocycles. The summed E-state index contributed by atoms with van der Waals surface area (Å²) in [5.41, 5.74) is 1.24. The van der Waals surface area contributed by atoms with E-state index in [4.69, 9.17) is 16.3 Å². The first kappa shape index (κ1) is 13.8. The molecule has 2 aromatic rings. The number of ether oxygens (including phenoxy) is 1. The standard InChI is InChI=1S/C14H12BrClOS/c1-17-14-6-5-10(7-13(14)15)9-18-12-4-2-3-11(16)8-12/h2-8H,9H2,1H3. The molecule has 0 unspecified atom stereocenters. The lowest BCUT2D eigenvalue weighted by Gasteiger charge is -2.06. The molecule has 0 aliphatic rings. The van der Waals surface area contributed by atoms with Gasteiger partial charge in [0.1, 0.15) is 5.75 Å². The van der Waals surface area contributed by atoms with E-state index in [0.29, 0.717) is 0 Å². The SMILES string of the molecule is COc1ccc(CSc2cccc(Cl)c2)cc1Br. The van der Waals surface area contributed by atoms with Crippen LogP contribution >= 0.6 is 39.3 Å². The van der Waals surface area contributed by atoms with Crippen LogP contribution in [-0.2, 0) is 5.75 Å². The fourth-order valence-corrected chi connectivity index (χ4v) is 3.26. The highest BCUT2D eigenvalue weighted by Gasteiger charge is 2.02. The first-order chi connectivity index (χ1) is 8.69. The number of thioether (sulfide) groups is 1. The van der Waals surface area contributed by atoms with Gasteiger partial charge in [-0.05, 0) is 51.8 Å². The van der Waals surface area contributed by atoms with Gasteiger partial charge in [-0.2, -0.15) is 0 Å². The van der Waals surface area contributed by atoms with Crippen LogP contribution in [0.15, 0.2) is 51.8 Å². The van der Waals surface area contributed by atoms with Crippen LogP contribution in [0, 0.1) is 0 Å². The molecule has 0 radical (unpaired) electrons. The summed E-state index contributed by atoms with van der Waals surface area (Å²) in [6.45, 7) is 0. The third-order valence-corrected chi connectivity index (χ3v) is 4.34. The Morgan fingerprint density at radius 1 is 1.22 bits per heavy atom. The number of hydrogen-bond acceptors (Lipinski definition) is 2. The van der Waals surface area contributed by atoms with Crippen molar-refractivity contribution < 1.29 is 4.74 Å². The van der Waals surface area contributed by atoms with E-state index in [0.717, 1.165) is 21.0 Å². The maximum atomic E-state index is 5.95. The first-order valence-electron chi connectivity index (χ1n) is 5.40. The van der Waals surface area contributed by atoms with Gasteiger partial charge in [0.25, 0.3) is 0 Å². The minimum absolute atomic E-state index is 0.774. The summed E-state index contributed by atoms with van der Waals surface area (Å²) in [5.74, 6) is 1.76. The van der Waals surface area contributed by atoms with Gasteiger partial charge in [0, 0.05) is 15.7 Å². The molecule has 0 bridgehead atoms. The Kier molecular flexibility index (Phi) is 4.98. The van der Waals surface area contributed by atoms with E-state index in [9.17, 15) is 0 Å². The van der Waals surface area contributed by atoms with Gasteiger partial charge in [0.15, 0.2) is 0 Å². The molecule has 94 valence electrons. The second kappa shape index (κ2) is 6.50. The monoisotopic (exact) mass is 342 g/mol. The van der Waals surface area contributed by atoms with Crippen LogP contribution in [-0.4, -0.2) is 7.11 Å². The molecule has 2 aromatic carbocycles. The van der Waals surface area contributed by atoms with E-state index in [1.165, 1.54) is 10.5 Å². The van der Waals surface area contributed by atoms with Crippen molar-refractivity contribution in [3.05, 3.63) is 57.5 Å². The summed E-state index contributed by atoms with van der Waals surface area (Å²) < 4.78 is 6.19. The molecule has 2 rings (SSSR count). The Morgan fingerprint density at radius 3 is 2.72 bits per heavy atom. The van der Waals surface area contributed by atoms with Gasteiger partial charge >= 0.3 is 0 Å². The zero-order valence-corrected chi connectivity index (χ0v) is 13.0. The van der Waals surface area contributed by atoms with E-state index >= 15 is 0 Å². The second-order valence-corrected chi connectivity index (χ2v) is 6.05. The van der Waals surface area contributed by atoms with Gasteiger partial charge < -0.3 is 4.74 Å². The van der Waals surface area contributed by atoms with Crippen molar-refractivity contribution >= 4 is 39.3 Å². The quantitative estimate of drug-likeness (QED) is 0.687. The van der Waals surface area contributed by atoms with Crippen molar-refractivity contribution in [2.24, 2.45) is 0 Å². The summed E-state index contributed by atoms with van der Waals surface area (Å²) in [5, 5.41) is 0.774. The van der Waals surface area contributed by atoms with Gasteiger partial charge in [-0.25, -0.2) is 0 Å². The van der Waals surface area contributed by atoms with E-state index in [-0.39, 0.29) is 0 Å². The summed E-state index contributed by atoms with van der Waals surface area (Å²) in [6.07, 6.45) is 0. The van der Waals surface area contributed by atoms with Crippen molar-refractivity contribution in [1.82, 2.24) is 0 Å². The molecule has 0 saturated heterocycles. The van der Waals surface area contributed by atoms with Gasteiger partial charge in [0.2, 0.25) is 0 Å². The number of methoxy groups -OCH3 is 1. The van der Waals surface area contributed by atoms with E-state index in [1.54, 1.807) is 18.9 Å². The predicted octanol–water partition coefficient (Wildman–Crippen LogP) is 5.40. The largest absolute Gasteiger partial charge is 0.496 e. The van der Waals surface area contributed by atoms with Crippen molar-refractivity contribution in [2.45, 2.75) is 10.6 Å². The zero-order valence-electron chi connectivity index (χ0n) is 9.82. The Hall–Kier alpha value is -0.640. The normalized spacial score (nSPS) is 10.4. The average molecular weight is 344 g/mol. The van der Waals surface area contributed by atoms with Crippen LogP contribution < -0.4 is 4.74 Å². The van der Waals surface area contributed by atoms with Crippen molar-refractivity contribution in [2.75, 3.05) is 7.11 Å². The van der Waals surface area contributed by atoms with Crippen LogP contribution in [0.4, 0.5) is 0 Å². The molecule has 0 aromatic heterocycles. The molecular formula is C14H12BrClOS. The van der Waals surface area contributed by atoms with Gasteiger partial charge in [-0.1, -0.05) is 23.7 Å². The number of hydrogen-bond donors (Lipinski definition) is 0. The molecule has 0 heterocycles. The van der Waals surface area contributed by atoms with Crippen molar-refractivity contribution in [1.29, 1.82) is 0 Å². The molecule has 0 saturated carbocycles. The highest BCUT2D eigenvalue weighted by atomic mass is 79.9. The lowest BCUT2D eigenvalue weighted by atomic mass is 10.2. The summed E-state index contributed by atoms with van der Waals surface area (Å²) >= 11 is 11.2. The third kappa shape index (κ3) is 3.67. The number of halogens is 2. The lowest BCUT2D eigenvalue weighted by Crippen LogP contribution is -1.86. The summed E-state index contributed by atoms with van der Waals surface area (Å²) in [7, 11) is 1.67. The highest BCUT2D eigenvalue weighted by Crippen LogP contribution is 2.30. The Balaban J connectivity index is 2.04. The molecule has 1 nitrogen and oxygen atoms in total. The van der Waals surface area contributed by atoms with E-state index < -0.39 is 0 Å². The number of benzene rings is 2. The van der Waals surface area contributed by atoms with E-state index in [1.807, 2.05) is 24.3 Å². The van der Waals surface area contributed by atoms with Crippen LogP contribution in [0.25, 0.3) is 0 Å². The van der Waals surface area contributed by atoms with Gasteiger partial charge in [-0.15, -0.1) is 11.8 Å². The highest BCUT2D eigenvalue weighted by molar-refractivity contribution is 9.10. The summed E-state index contributed by atoms with van der Waals surface area (Å²) in [6, 6.07) is 14.0. The molecule has 4 heteroatoms. The average Bonchev–Trinajstić information content (AvgIpc) is 2.37. The van der Waals surface area contributed by atoms with Crippen LogP contribution in [0.1, 0.15) is 5.56 Å². The predicted molar refractivity (Wildman–Crippen MR) is 81.7 cm³/mol. The Labute approximate surface area is 125 Å². The fourth-order valence-electron chi connectivity index (χ4n) is 1.52. The third-order valence-electron chi connectivity index (χ3n) is 2.42.